The maximum Gasteiger partial charge on any atom is 0.408 e. The molecule has 0 aliphatic carbocycles. The van der Waals surface area contributed by atoms with E-state index in [9.17, 15) is 14.4 Å². The van der Waals surface area contributed by atoms with Gasteiger partial charge in [0, 0.05) is 19.1 Å². The van der Waals surface area contributed by atoms with E-state index in [1.165, 1.54) is 0 Å². The van der Waals surface area contributed by atoms with Crippen LogP contribution in [0.1, 0.15) is 13.8 Å². The van der Waals surface area contributed by atoms with Gasteiger partial charge in [-0.05, 0) is 13.8 Å². The van der Waals surface area contributed by atoms with Gasteiger partial charge in [0.25, 0.3) is 0 Å². The number of carbonyl (C=O) groups is 3. The van der Waals surface area contributed by atoms with Gasteiger partial charge in [0.1, 0.15) is 6.04 Å². The van der Waals surface area contributed by atoms with E-state index in [0.717, 1.165) is 9.80 Å². The van der Waals surface area contributed by atoms with Crippen LogP contribution in [-0.4, -0.2) is 69.8 Å². The van der Waals surface area contributed by atoms with Crippen molar-refractivity contribution in [2.75, 3.05) is 19.6 Å². The summed E-state index contributed by atoms with van der Waals surface area (Å²) in [6, 6.07) is -1.12. The summed E-state index contributed by atoms with van der Waals surface area (Å²) in [5.41, 5.74) is 0. The lowest BCUT2D eigenvalue weighted by atomic mass is 10.1. The fourth-order valence-corrected chi connectivity index (χ4v) is 1.79. The average Bonchev–Trinajstić information content (AvgIpc) is 2.26. The maximum atomic E-state index is 11.9. The van der Waals surface area contributed by atoms with Crippen molar-refractivity contribution in [3.8, 4) is 0 Å². The molecule has 3 N–H and O–H groups in total. The maximum absolute atomic E-state index is 11.9. The highest BCUT2D eigenvalue weighted by molar-refractivity contribution is 5.86. The van der Waals surface area contributed by atoms with Crippen molar-refractivity contribution in [3.05, 3.63) is 0 Å². The van der Waals surface area contributed by atoms with E-state index in [1.807, 2.05) is 0 Å². The summed E-state index contributed by atoms with van der Waals surface area (Å²) in [6.07, 6.45) is -2.37. The summed E-state index contributed by atoms with van der Waals surface area (Å²) >= 11 is 0. The molecule has 0 spiro atoms. The predicted octanol–water partition coefficient (Wildman–Crippen LogP) is -0.147. The van der Waals surface area contributed by atoms with Crippen LogP contribution in [0.4, 0.5) is 9.59 Å². The molecule has 3 amide bonds. The number of carboxylic acid groups (broad SMARTS) is 2. The molecule has 102 valence electrons. The lowest BCUT2D eigenvalue weighted by molar-refractivity contribution is -0.128. The molecule has 0 aromatic rings. The van der Waals surface area contributed by atoms with E-state index >= 15 is 0 Å². The molecule has 1 heterocycles. The number of hydrogen-bond acceptors (Lipinski definition) is 3. The van der Waals surface area contributed by atoms with Crippen LogP contribution < -0.4 is 5.32 Å². The van der Waals surface area contributed by atoms with Crippen molar-refractivity contribution < 1.29 is 24.6 Å². The van der Waals surface area contributed by atoms with Gasteiger partial charge in [0.15, 0.2) is 0 Å². The van der Waals surface area contributed by atoms with Crippen molar-refractivity contribution in [1.29, 1.82) is 0 Å². The number of hydrogen-bond donors (Lipinski definition) is 3. The van der Waals surface area contributed by atoms with Crippen LogP contribution in [0.3, 0.4) is 0 Å². The fourth-order valence-electron chi connectivity index (χ4n) is 1.79. The molecule has 0 saturated carbocycles. The van der Waals surface area contributed by atoms with Crippen LogP contribution in [0.25, 0.3) is 0 Å². The molecule has 1 atom stereocenters. The zero-order valence-electron chi connectivity index (χ0n) is 10.3. The van der Waals surface area contributed by atoms with E-state index in [1.54, 1.807) is 13.8 Å². The van der Waals surface area contributed by atoms with Gasteiger partial charge in [0.2, 0.25) is 5.91 Å². The van der Waals surface area contributed by atoms with Crippen molar-refractivity contribution in [2.45, 2.75) is 25.9 Å². The highest BCUT2D eigenvalue weighted by Gasteiger charge is 2.37. The molecular formula is C10H17N3O5. The second-order valence-electron chi connectivity index (χ2n) is 4.38. The molecule has 0 aromatic heterocycles. The number of carbonyl (C=O) groups excluding carboxylic acids is 1. The minimum atomic E-state index is -1.22. The minimum absolute atomic E-state index is 0.00217. The molecule has 1 saturated heterocycles. The lowest BCUT2D eigenvalue weighted by Gasteiger charge is -2.37. The summed E-state index contributed by atoms with van der Waals surface area (Å²) in [5.74, 6) is -0.474. The summed E-state index contributed by atoms with van der Waals surface area (Å²) in [4.78, 5) is 35.7. The first-order chi connectivity index (χ1) is 8.32. The lowest BCUT2D eigenvalue weighted by Crippen LogP contribution is -2.61. The van der Waals surface area contributed by atoms with Gasteiger partial charge >= 0.3 is 12.2 Å². The van der Waals surface area contributed by atoms with Crippen LogP contribution in [0.5, 0.6) is 0 Å². The molecule has 18 heavy (non-hydrogen) atoms. The number of nitrogens with one attached hydrogen (secondary N) is 1. The second kappa shape index (κ2) is 5.56. The monoisotopic (exact) mass is 259 g/mol. The topological polar surface area (TPSA) is 110 Å². The Morgan fingerprint density at radius 2 is 1.78 bits per heavy atom. The first-order valence-corrected chi connectivity index (χ1v) is 5.60. The Hall–Kier alpha value is -1.99. The smallest absolute Gasteiger partial charge is 0.408 e. The molecule has 0 radical (unpaired) electrons. The molecule has 1 aliphatic rings. The van der Waals surface area contributed by atoms with E-state index in [-0.39, 0.29) is 25.7 Å². The van der Waals surface area contributed by atoms with Gasteiger partial charge in [-0.25, -0.2) is 9.59 Å². The van der Waals surface area contributed by atoms with Crippen molar-refractivity contribution in [1.82, 2.24) is 15.1 Å². The van der Waals surface area contributed by atoms with Crippen LogP contribution in [-0.2, 0) is 4.79 Å². The van der Waals surface area contributed by atoms with Gasteiger partial charge in [-0.3, -0.25) is 9.69 Å². The Labute approximate surface area is 104 Å². The Balaban J connectivity index is 2.81. The molecule has 1 fully saturated rings. The zero-order chi connectivity index (χ0) is 13.9. The molecule has 8 heteroatoms. The number of nitrogens with zero attached hydrogens (tertiary/aromatic N) is 2. The van der Waals surface area contributed by atoms with E-state index in [2.05, 4.69) is 5.32 Å². The summed E-state index contributed by atoms with van der Waals surface area (Å²) in [6.45, 7) is 3.44. The fraction of sp³-hybridized carbons (Fsp3) is 0.700. The Morgan fingerprint density at radius 3 is 2.22 bits per heavy atom. The van der Waals surface area contributed by atoms with Crippen molar-refractivity contribution in [2.24, 2.45) is 0 Å². The Kier molecular flexibility index (Phi) is 4.35. The molecule has 0 bridgehead atoms. The third kappa shape index (κ3) is 3.25. The van der Waals surface area contributed by atoms with Crippen LogP contribution in [0.2, 0.25) is 0 Å². The first-order valence-electron chi connectivity index (χ1n) is 5.60. The first kappa shape index (κ1) is 14.1. The zero-order valence-corrected chi connectivity index (χ0v) is 10.3. The minimum Gasteiger partial charge on any atom is -0.465 e. The summed E-state index contributed by atoms with van der Waals surface area (Å²) < 4.78 is 0. The van der Waals surface area contributed by atoms with Gasteiger partial charge in [0.05, 0.1) is 6.54 Å². The number of amides is 3. The predicted molar refractivity (Wildman–Crippen MR) is 61.4 cm³/mol. The Bertz CT molecular complexity index is 357. The quantitative estimate of drug-likeness (QED) is 0.639. The molecule has 8 nitrogen and oxygen atoms in total. The third-order valence-corrected chi connectivity index (χ3v) is 2.63. The summed E-state index contributed by atoms with van der Waals surface area (Å²) in [7, 11) is 0. The van der Waals surface area contributed by atoms with Gasteiger partial charge in [-0.15, -0.1) is 0 Å². The molecule has 1 aliphatic heterocycles. The summed E-state index contributed by atoms with van der Waals surface area (Å²) in [5, 5.41) is 20.5. The molecule has 1 rings (SSSR count). The standard InChI is InChI=1S/C10H17N3O5/c1-6(2)11-8(14)7-5-12(9(15)16)3-4-13(7)10(17)18/h6-7H,3-5H2,1-2H3,(H,11,14)(H,15,16)(H,17,18). The van der Waals surface area contributed by atoms with Gasteiger partial charge in [-0.1, -0.05) is 0 Å². The Morgan fingerprint density at radius 1 is 1.17 bits per heavy atom. The molecule has 1 unspecified atom stereocenters. The van der Waals surface area contributed by atoms with Gasteiger partial charge in [-0.2, -0.15) is 0 Å². The van der Waals surface area contributed by atoms with E-state index < -0.39 is 24.1 Å². The van der Waals surface area contributed by atoms with E-state index in [4.69, 9.17) is 10.2 Å². The van der Waals surface area contributed by atoms with E-state index in [0.29, 0.717) is 0 Å². The SMILES string of the molecule is CC(C)NC(=O)C1CN(C(=O)O)CCN1C(=O)O. The molecular weight excluding hydrogens is 242 g/mol. The highest BCUT2D eigenvalue weighted by Crippen LogP contribution is 2.11. The van der Waals surface area contributed by atoms with Crippen LogP contribution in [0.15, 0.2) is 0 Å². The van der Waals surface area contributed by atoms with Crippen LogP contribution in [0, 0.1) is 0 Å². The van der Waals surface area contributed by atoms with Crippen molar-refractivity contribution in [3.63, 3.8) is 0 Å². The largest absolute Gasteiger partial charge is 0.465 e. The second-order valence-corrected chi connectivity index (χ2v) is 4.38. The molecule has 0 aromatic carbocycles. The highest BCUT2D eigenvalue weighted by atomic mass is 16.4. The van der Waals surface area contributed by atoms with Crippen molar-refractivity contribution >= 4 is 18.1 Å². The normalized spacial score (nSPS) is 19.8. The third-order valence-electron chi connectivity index (χ3n) is 2.63. The number of rotatable bonds is 2. The van der Waals surface area contributed by atoms with Gasteiger partial charge < -0.3 is 20.4 Å². The van der Waals surface area contributed by atoms with Crippen LogP contribution >= 0.6 is 0 Å². The average molecular weight is 259 g/mol. The number of piperazine rings is 1.